The molecule has 2 N–H and O–H groups in total. The lowest BCUT2D eigenvalue weighted by atomic mass is 10.0. The first kappa shape index (κ1) is 21.2. The van der Waals surface area contributed by atoms with Crippen molar-refractivity contribution in [1.82, 2.24) is 15.2 Å². The lowest BCUT2D eigenvalue weighted by molar-refractivity contribution is 0.102. The third-order valence-electron chi connectivity index (χ3n) is 5.38. The van der Waals surface area contributed by atoms with Gasteiger partial charge in [0.25, 0.3) is 5.91 Å². The molecule has 5 aromatic rings. The number of H-pyrrole nitrogens is 1. The van der Waals surface area contributed by atoms with Gasteiger partial charge in [-0.2, -0.15) is 5.10 Å². The van der Waals surface area contributed by atoms with E-state index in [2.05, 4.69) is 20.5 Å². The van der Waals surface area contributed by atoms with Gasteiger partial charge >= 0.3 is 0 Å². The molecule has 2 aromatic heterocycles. The van der Waals surface area contributed by atoms with Crippen LogP contribution in [0.3, 0.4) is 0 Å². The number of carbonyl (C=O) groups is 1. The van der Waals surface area contributed by atoms with Crippen molar-refractivity contribution in [3.63, 3.8) is 0 Å². The molecule has 9 heteroatoms. The number of ether oxygens (including phenoxy) is 3. The second kappa shape index (κ2) is 8.70. The van der Waals surface area contributed by atoms with E-state index in [-0.39, 0.29) is 17.0 Å². The molecule has 0 aliphatic heterocycles. The zero-order chi connectivity index (χ0) is 23.7. The Morgan fingerprint density at radius 2 is 1.71 bits per heavy atom. The van der Waals surface area contributed by atoms with Crippen LogP contribution in [0.4, 0.5) is 10.2 Å². The number of halogens is 1. The average molecular weight is 458 g/mol. The molecule has 0 aliphatic rings. The van der Waals surface area contributed by atoms with Crippen molar-refractivity contribution in [2.75, 3.05) is 19.5 Å². The normalized spacial score (nSPS) is 10.9. The van der Waals surface area contributed by atoms with E-state index in [4.69, 9.17) is 14.2 Å². The molecule has 0 saturated heterocycles. The second-order valence-corrected chi connectivity index (χ2v) is 7.34. The standard InChI is InChI=1S/C25H19FN4O4/c1-32-21-12-17-18(13-22(21)33-2)27-10-8-19(17)34-20-7-6-14-15(24(20)26)4-3-5-16(14)25(31)29-23-9-11-28-30-23/h3-13H,1-2H3,(H2,28,29,30,31). The summed E-state index contributed by atoms with van der Waals surface area (Å²) in [5.74, 6) is 0.915. The number of hydrogen-bond donors (Lipinski definition) is 2. The number of carbonyl (C=O) groups excluding carboxylic acids is 1. The molecule has 0 fully saturated rings. The number of aromatic nitrogens is 3. The lowest BCUT2D eigenvalue weighted by Crippen LogP contribution is -2.12. The van der Waals surface area contributed by atoms with Gasteiger partial charge in [-0.15, -0.1) is 0 Å². The fraction of sp³-hybridized carbons (Fsp3) is 0.0800. The van der Waals surface area contributed by atoms with Gasteiger partial charge in [-0.25, -0.2) is 4.39 Å². The minimum absolute atomic E-state index is 0.0147. The van der Waals surface area contributed by atoms with Crippen LogP contribution in [0.5, 0.6) is 23.0 Å². The number of benzene rings is 3. The van der Waals surface area contributed by atoms with E-state index >= 15 is 4.39 Å². The molecule has 0 bridgehead atoms. The first-order chi connectivity index (χ1) is 16.6. The molecule has 3 aromatic carbocycles. The van der Waals surface area contributed by atoms with Crippen LogP contribution in [-0.4, -0.2) is 35.3 Å². The van der Waals surface area contributed by atoms with Crippen molar-refractivity contribution >= 4 is 33.4 Å². The van der Waals surface area contributed by atoms with Gasteiger partial charge in [0.2, 0.25) is 0 Å². The van der Waals surface area contributed by atoms with E-state index in [0.29, 0.717) is 44.9 Å². The predicted octanol–water partition coefficient (Wildman–Crippen LogP) is 5.31. The van der Waals surface area contributed by atoms with Crippen molar-refractivity contribution in [1.29, 1.82) is 0 Å². The van der Waals surface area contributed by atoms with Gasteiger partial charge in [-0.05, 0) is 35.7 Å². The number of anilines is 1. The Morgan fingerprint density at radius 3 is 2.47 bits per heavy atom. The number of fused-ring (bicyclic) bond motifs is 2. The highest BCUT2D eigenvalue weighted by atomic mass is 19.1. The zero-order valence-corrected chi connectivity index (χ0v) is 18.3. The SMILES string of the molecule is COc1cc2nccc(Oc3ccc4c(C(=O)Nc5ccn[nH]5)cccc4c3F)c2cc1OC. The molecule has 5 rings (SSSR count). The smallest absolute Gasteiger partial charge is 0.257 e. The summed E-state index contributed by atoms with van der Waals surface area (Å²) in [5.41, 5.74) is 0.929. The van der Waals surface area contributed by atoms with E-state index in [1.165, 1.54) is 26.5 Å². The fourth-order valence-corrected chi connectivity index (χ4v) is 3.75. The third kappa shape index (κ3) is 3.73. The monoisotopic (exact) mass is 458 g/mol. The Labute approximate surface area is 193 Å². The van der Waals surface area contributed by atoms with Gasteiger partial charge in [0, 0.05) is 34.7 Å². The molecule has 2 heterocycles. The Bertz CT molecular complexity index is 1520. The number of aromatic amines is 1. The third-order valence-corrected chi connectivity index (χ3v) is 5.38. The van der Waals surface area contributed by atoms with Crippen LogP contribution in [0.1, 0.15) is 10.4 Å². The molecular formula is C25H19FN4O4. The Hall–Kier alpha value is -4.66. The van der Waals surface area contributed by atoms with Gasteiger partial charge in [0.1, 0.15) is 11.6 Å². The van der Waals surface area contributed by atoms with E-state index in [1.54, 1.807) is 54.7 Å². The Morgan fingerprint density at radius 1 is 0.882 bits per heavy atom. The summed E-state index contributed by atoms with van der Waals surface area (Å²) >= 11 is 0. The molecule has 0 spiro atoms. The molecular weight excluding hydrogens is 439 g/mol. The number of nitrogens with one attached hydrogen (secondary N) is 2. The average Bonchev–Trinajstić information content (AvgIpc) is 3.37. The van der Waals surface area contributed by atoms with Gasteiger partial charge in [-0.3, -0.25) is 14.9 Å². The number of pyridine rings is 1. The maximum absolute atomic E-state index is 15.5. The molecule has 1 amide bonds. The predicted molar refractivity (Wildman–Crippen MR) is 125 cm³/mol. The largest absolute Gasteiger partial charge is 0.493 e. The van der Waals surface area contributed by atoms with Crippen molar-refractivity contribution in [2.45, 2.75) is 0 Å². The fourth-order valence-electron chi connectivity index (χ4n) is 3.75. The van der Waals surface area contributed by atoms with Crippen LogP contribution >= 0.6 is 0 Å². The molecule has 0 unspecified atom stereocenters. The number of rotatable bonds is 6. The van der Waals surface area contributed by atoms with Crippen LogP contribution in [0.15, 0.2) is 67.0 Å². The van der Waals surface area contributed by atoms with Crippen molar-refractivity contribution in [2.24, 2.45) is 0 Å². The van der Waals surface area contributed by atoms with Gasteiger partial charge in [0.15, 0.2) is 23.1 Å². The highest BCUT2D eigenvalue weighted by Gasteiger charge is 2.17. The summed E-state index contributed by atoms with van der Waals surface area (Å²) in [7, 11) is 3.07. The van der Waals surface area contributed by atoms with Crippen molar-refractivity contribution in [3.05, 3.63) is 78.4 Å². The van der Waals surface area contributed by atoms with Crippen molar-refractivity contribution < 1.29 is 23.4 Å². The quantitative estimate of drug-likeness (QED) is 0.358. The molecule has 0 radical (unpaired) electrons. The first-order valence-electron chi connectivity index (χ1n) is 10.3. The summed E-state index contributed by atoms with van der Waals surface area (Å²) in [4.78, 5) is 17.1. The van der Waals surface area contributed by atoms with Gasteiger partial charge < -0.3 is 19.5 Å². The summed E-state index contributed by atoms with van der Waals surface area (Å²) in [6, 6.07) is 14.7. The van der Waals surface area contributed by atoms with E-state index in [1.807, 2.05) is 0 Å². The zero-order valence-electron chi connectivity index (χ0n) is 18.3. The maximum Gasteiger partial charge on any atom is 0.257 e. The molecule has 8 nitrogen and oxygen atoms in total. The second-order valence-electron chi connectivity index (χ2n) is 7.34. The molecule has 0 atom stereocenters. The topological polar surface area (TPSA) is 98.4 Å². The number of nitrogens with zero attached hydrogens (tertiary/aromatic N) is 2. The highest BCUT2D eigenvalue weighted by molar-refractivity contribution is 6.12. The van der Waals surface area contributed by atoms with Gasteiger partial charge in [0.05, 0.1) is 25.9 Å². The van der Waals surface area contributed by atoms with Crippen molar-refractivity contribution in [3.8, 4) is 23.0 Å². The summed E-state index contributed by atoms with van der Waals surface area (Å²) in [6.45, 7) is 0. The van der Waals surface area contributed by atoms with E-state index in [0.717, 1.165) is 0 Å². The van der Waals surface area contributed by atoms with E-state index < -0.39 is 5.82 Å². The van der Waals surface area contributed by atoms with Crippen LogP contribution in [-0.2, 0) is 0 Å². The summed E-state index contributed by atoms with van der Waals surface area (Å²) in [5, 5.41) is 10.5. The lowest BCUT2D eigenvalue weighted by Gasteiger charge is -2.14. The minimum Gasteiger partial charge on any atom is -0.493 e. The first-order valence-corrected chi connectivity index (χ1v) is 10.3. The summed E-state index contributed by atoms with van der Waals surface area (Å²) in [6.07, 6.45) is 3.09. The molecule has 0 saturated carbocycles. The Kier molecular flexibility index (Phi) is 5.43. The summed E-state index contributed by atoms with van der Waals surface area (Å²) < 4.78 is 32.2. The number of amides is 1. The van der Waals surface area contributed by atoms with E-state index in [9.17, 15) is 4.79 Å². The van der Waals surface area contributed by atoms with Crippen LogP contribution < -0.4 is 19.5 Å². The van der Waals surface area contributed by atoms with Crippen LogP contribution in [0.2, 0.25) is 0 Å². The molecule has 34 heavy (non-hydrogen) atoms. The Balaban J connectivity index is 1.54. The maximum atomic E-state index is 15.5. The number of methoxy groups -OCH3 is 2. The minimum atomic E-state index is -0.584. The molecule has 170 valence electrons. The van der Waals surface area contributed by atoms with Gasteiger partial charge in [-0.1, -0.05) is 12.1 Å². The highest BCUT2D eigenvalue weighted by Crippen LogP contribution is 2.38. The number of hydrogen-bond acceptors (Lipinski definition) is 6. The van der Waals surface area contributed by atoms with Crippen LogP contribution in [0.25, 0.3) is 21.7 Å². The van der Waals surface area contributed by atoms with Crippen LogP contribution in [0, 0.1) is 5.82 Å². The molecule has 0 aliphatic carbocycles.